The van der Waals surface area contributed by atoms with Gasteiger partial charge in [-0.25, -0.2) is 4.99 Å². The van der Waals surface area contributed by atoms with Gasteiger partial charge in [0.1, 0.15) is 12.4 Å². The topological polar surface area (TPSA) is 67.1 Å². The van der Waals surface area contributed by atoms with E-state index in [2.05, 4.69) is 40.9 Å². The molecule has 0 amide bonds. The Kier molecular flexibility index (Phi) is 8.25. The summed E-state index contributed by atoms with van der Waals surface area (Å²) < 4.78 is 2.00. The zero-order valence-electron chi connectivity index (χ0n) is 17.1. The fourth-order valence-electron chi connectivity index (χ4n) is 3.60. The van der Waals surface area contributed by atoms with Gasteiger partial charge in [-0.05, 0) is 55.9 Å². The van der Waals surface area contributed by atoms with Gasteiger partial charge >= 0.3 is 0 Å². The summed E-state index contributed by atoms with van der Waals surface area (Å²) in [6, 6.07) is 0. The molecule has 0 aromatic carbocycles. The van der Waals surface area contributed by atoms with E-state index in [1.807, 2.05) is 30.3 Å². The fourth-order valence-corrected chi connectivity index (χ4v) is 4.04. The summed E-state index contributed by atoms with van der Waals surface area (Å²) in [7, 11) is 1.99. The first kappa shape index (κ1) is 21.1. The molecule has 0 spiro atoms. The minimum atomic E-state index is 0.456. The monoisotopic (exact) mass is 380 g/mol. The Morgan fingerprint density at radius 1 is 1.31 bits per heavy atom. The van der Waals surface area contributed by atoms with E-state index in [0.717, 1.165) is 43.0 Å². The number of rotatable bonds is 10. The van der Waals surface area contributed by atoms with Gasteiger partial charge in [-0.1, -0.05) is 20.3 Å². The lowest BCUT2D eigenvalue weighted by Gasteiger charge is -2.43. The SMILES string of the molecule is CSCCCNC(=NCc1nnc(C)n1C)NCC1(CC(C)C)CCC1. The van der Waals surface area contributed by atoms with Crippen LogP contribution in [0.15, 0.2) is 4.99 Å². The second-order valence-corrected chi connectivity index (χ2v) is 8.95. The molecule has 0 unspecified atom stereocenters. The normalized spacial score (nSPS) is 16.6. The zero-order valence-corrected chi connectivity index (χ0v) is 18.0. The van der Waals surface area contributed by atoms with Crippen LogP contribution in [0.3, 0.4) is 0 Å². The van der Waals surface area contributed by atoms with Gasteiger partial charge in [0, 0.05) is 20.1 Å². The average Bonchev–Trinajstić information content (AvgIpc) is 2.89. The van der Waals surface area contributed by atoms with E-state index in [-0.39, 0.29) is 0 Å². The van der Waals surface area contributed by atoms with Gasteiger partial charge in [-0.15, -0.1) is 10.2 Å². The lowest BCUT2D eigenvalue weighted by molar-refractivity contribution is 0.104. The van der Waals surface area contributed by atoms with Crippen LogP contribution in [0.2, 0.25) is 0 Å². The highest BCUT2D eigenvalue weighted by atomic mass is 32.2. The molecule has 1 aromatic rings. The number of hydrogen-bond donors (Lipinski definition) is 2. The Balaban J connectivity index is 1.95. The third-order valence-corrected chi connectivity index (χ3v) is 5.96. The molecule has 7 heteroatoms. The van der Waals surface area contributed by atoms with Crippen LogP contribution in [0, 0.1) is 18.3 Å². The number of nitrogens with zero attached hydrogens (tertiary/aromatic N) is 4. The van der Waals surface area contributed by atoms with Gasteiger partial charge in [0.05, 0.1) is 0 Å². The third kappa shape index (κ3) is 6.18. The van der Waals surface area contributed by atoms with Gasteiger partial charge in [0.2, 0.25) is 0 Å². The van der Waals surface area contributed by atoms with Crippen molar-refractivity contribution in [3.8, 4) is 0 Å². The van der Waals surface area contributed by atoms with Crippen molar-refractivity contribution in [1.29, 1.82) is 0 Å². The van der Waals surface area contributed by atoms with E-state index in [1.54, 1.807) is 0 Å². The minimum absolute atomic E-state index is 0.456. The number of thioether (sulfide) groups is 1. The maximum Gasteiger partial charge on any atom is 0.191 e. The molecule has 0 aliphatic heterocycles. The maximum absolute atomic E-state index is 4.77. The number of aryl methyl sites for hydroxylation is 1. The van der Waals surface area contributed by atoms with Crippen molar-refractivity contribution in [3.05, 3.63) is 11.6 Å². The van der Waals surface area contributed by atoms with Crippen molar-refractivity contribution in [1.82, 2.24) is 25.4 Å². The predicted octanol–water partition coefficient (Wildman–Crippen LogP) is 3.13. The van der Waals surface area contributed by atoms with Gasteiger partial charge < -0.3 is 15.2 Å². The van der Waals surface area contributed by atoms with E-state index < -0.39 is 0 Å². The molecule has 1 aliphatic carbocycles. The first-order chi connectivity index (χ1) is 12.5. The molecular weight excluding hydrogens is 344 g/mol. The van der Waals surface area contributed by atoms with Crippen LogP contribution >= 0.6 is 11.8 Å². The summed E-state index contributed by atoms with van der Waals surface area (Å²) in [5.74, 6) is 4.63. The first-order valence-corrected chi connectivity index (χ1v) is 11.2. The number of guanidine groups is 1. The number of aliphatic imine (C=N–C) groups is 1. The summed E-state index contributed by atoms with van der Waals surface area (Å²) in [5, 5.41) is 15.4. The van der Waals surface area contributed by atoms with Gasteiger partial charge in [0.15, 0.2) is 11.8 Å². The lowest BCUT2D eigenvalue weighted by Crippen LogP contribution is -2.47. The van der Waals surface area contributed by atoms with E-state index in [9.17, 15) is 0 Å². The second-order valence-electron chi connectivity index (χ2n) is 7.97. The highest BCUT2D eigenvalue weighted by Gasteiger charge is 2.37. The zero-order chi connectivity index (χ0) is 19.0. The molecular formula is C19H36N6S. The standard InChI is InChI=1S/C19H36N6S/c1-15(2)12-19(8-6-9-19)14-22-18(20-10-7-11-26-5)21-13-17-24-23-16(3)25(17)4/h15H,6-14H2,1-5H3,(H2,20,21,22). The molecule has 0 saturated heterocycles. The quantitative estimate of drug-likeness (QED) is 0.371. The molecule has 6 nitrogen and oxygen atoms in total. The van der Waals surface area contributed by atoms with Crippen molar-refractivity contribution in [2.24, 2.45) is 23.4 Å². The van der Waals surface area contributed by atoms with Crippen molar-refractivity contribution < 1.29 is 0 Å². The van der Waals surface area contributed by atoms with Crippen LogP contribution in [0.1, 0.15) is 57.6 Å². The molecule has 0 atom stereocenters. The largest absolute Gasteiger partial charge is 0.356 e. The molecule has 1 fully saturated rings. The smallest absolute Gasteiger partial charge is 0.191 e. The summed E-state index contributed by atoms with van der Waals surface area (Å²) >= 11 is 1.88. The molecule has 1 aliphatic rings. The Morgan fingerprint density at radius 2 is 2.08 bits per heavy atom. The van der Waals surface area contributed by atoms with Gasteiger partial charge in [-0.3, -0.25) is 0 Å². The van der Waals surface area contributed by atoms with Gasteiger partial charge in [0.25, 0.3) is 0 Å². The molecule has 0 bridgehead atoms. The number of nitrogens with one attached hydrogen (secondary N) is 2. The van der Waals surface area contributed by atoms with Crippen molar-refractivity contribution in [2.45, 2.75) is 59.4 Å². The van der Waals surface area contributed by atoms with E-state index >= 15 is 0 Å². The van der Waals surface area contributed by atoms with Gasteiger partial charge in [-0.2, -0.15) is 11.8 Å². The second kappa shape index (κ2) is 10.2. The minimum Gasteiger partial charge on any atom is -0.356 e. The highest BCUT2D eigenvalue weighted by Crippen LogP contribution is 2.45. The van der Waals surface area contributed by atoms with E-state index in [4.69, 9.17) is 4.99 Å². The Labute approximate surface area is 163 Å². The maximum atomic E-state index is 4.77. The third-order valence-electron chi connectivity index (χ3n) is 5.27. The fraction of sp³-hybridized carbons (Fsp3) is 0.842. The lowest BCUT2D eigenvalue weighted by atomic mass is 9.64. The van der Waals surface area contributed by atoms with Crippen molar-refractivity contribution >= 4 is 17.7 Å². The van der Waals surface area contributed by atoms with Crippen LogP contribution in [-0.4, -0.2) is 45.8 Å². The van der Waals surface area contributed by atoms with Crippen molar-refractivity contribution in [2.75, 3.05) is 25.1 Å². The molecule has 0 radical (unpaired) electrons. The average molecular weight is 381 g/mol. The molecule has 26 heavy (non-hydrogen) atoms. The molecule has 148 valence electrons. The Bertz CT molecular complexity index is 577. The van der Waals surface area contributed by atoms with Crippen LogP contribution in [-0.2, 0) is 13.6 Å². The Morgan fingerprint density at radius 3 is 2.62 bits per heavy atom. The van der Waals surface area contributed by atoms with Crippen LogP contribution in [0.25, 0.3) is 0 Å². The number of hydrogen-bond acceptors (Lipinski definition) is 4. The molecule has 1 saturated carbocycles. The molecule has 1 heterocycles. The Hall–Kier alpha value is -1.24. The first-order valence-electron chi connectivity index (χ1n) is 9.82. The molecule has 1 aromatic heterocycles. The molecule has 2 rings (SSSR count). The predicted molar refractivity (Wildman–Crippen MR) is 112 cm³/mol. The number of aromatic nitrogens is 3. The summed E-state index contributed by atoms with van der Waals surface area (Å²) in [6.45, 7) is 9.12. The van der Waals surface area contributed by atoms with Crippen LogP contribution < -0.4 is 10.6 Å². The summed E-state index contributed by atoms with van der Waals surface area (Å²) in [5.41, 5.74) is 0.456. The van der Waals surface area contributed by atoms with E-state index in [1.165, 1.54) is 31.4 Å². The molecule has 2 N–H and O–H groups in total. The van der Waals surface area contributed by atoms with E-state index in [0.29, 0.717) is 12.0 Å². The van der Waals surface area contributed by atoms with Crippen molar-refractivity contribution in [3.63, 3.8) is 0 Å². The van der Waals surface area contributed by atoms with Crippen LogP contribution in [0.4, 0.5) is 0 Å². The van der Waals surface area contributed by atoms with Crippen LogP contribution in [0.5, 0.6) is 0 Å². The summed E-state index contributed by atoms with van der Waals surface area (Å²) in [4.78, 5) is 4.77. The highest BCUT2D eigenvalue weighted by molar-refractivity contribution is 7.98. The summed E-state index contributed by atoms with van der Waals surface area (Å²) in [6.07, 6.45) is 8.61.